The highest BCUT2D eigenvalue weighted by Gasteiger charge is 2.32. The SMILES string of the molecule is COc1ccc(-c2cncc(NC3CCC(N(C=O)C4CCC4)CC3)n2)cc1OC. The van der Waals surface area contributed by atoms with Crippen molar-refractivity contribution in [3.8, 4) is 22.8 Å². The molecule has 1 aromatic carbocycles. The van der Waals surface area contributed by atoms with Gasteiger partial charge >= 0.3 is 0 Å². The first kappa shape index (κ1) is 20.4. The molecule has 2 fully saturated rings. The predicted octanol–water partition coefficient (Wildman–Crippen LogP) is 3.89. The normalized spacial score (nSPS) is 21.4. The van der Waals surface area contributed by atoms with E-state index >= 15 is 0 Å². The van der Waals surface area contributed by atoms with Crippen LogP contribution in [0.25, 0.3) is 11.3 Å². The highest BCUT2D eigenvalue weighted by atomic mass is 16.5. The Morgan fingerprint density at radius 3 is 2.37 bits per heavy atom. The first-order valence-electron chi connectivity index (χ1n) is 10.8. The summed E-state index contributed by atoms with van der Waals surface area (Å²) < 4.78 is 10.7. The maximum Gasteiger partial charge on any atom is 0.210 e. The molecule has 2 aliphatic rings. The summed E-state index contributed by atoms with van der Waals surface area (Å²) in [5, 5.41) is 3.54. The van der Waals surface area contributed by atoms with Gasteiger partial charge in [-0.1, -0.05) is 0 Å². The Balaban J connectivity index is 1.39. The van der Waals surface area contributed by atoms with Crippen molar-refractivity contribution in [1.82, 2.24) is 14.9 Å². The van der Waals surface area contributed by atoms with E-state index < -0.39 is 0 Å². The minimum absolute atomic E-state index is 0.353. The number of anilines is 1. The second-order valence-corrected chi connectivity index (χ2v) is 8.15. The molecule has 7 nitrogen and oxygen atoms in total. The molecular formula is C23H30N4O3. The highest BCUT2D eigenvalue weighted by Crippen LogP contribution is 2.33. The number of amides is 1. The number of nitrogens with one attached hydrogen (secondary N) is 1. The lowest BCUT2D eigenvalue weighted by Gasteiger charge is -2.43. The number of carbonyl (C=O) groups is 1. The topological polar surface area (TPSA) is 76.6 Å². The summed E-state index contributed by atoms with van der Waals surface area (Å²) in [6.07, 6.45) is 12.3. The fourth-order valence-corrected chi connectivity index (χ4v) is 4.45. The molecule has 160 valence electrons. The van der Waals surface area contributed by atoms with E-state index in [1.54, 1.807) is 26.6 Å². The van der Waals surface area contributed by atoms with Gasteiger partial charge in [-0.3, -0.25) is 9.78 Å². The van der Waals surface area contributed by atoms with Gasteiger partial charge in [-0.15, -0.1) is 0 Å². The third-order valence-electron chi connectivity index (χ3n) is 6.40. The summed E-state index contributed by atoms with van der Waals surface area (Å²) in [7, 11) is 3.25. The van der Waals surface area contributed by atoms with E-state index in [2.05, 4.69) is 15.2 Å². The van der Waals surface area contributed by atoms with Gasteiger partial charge in [0.05, 0.1) is 32.3 Å². The van der Waals surface area contributed by atoms with E-state index in [9.17, 15) is 4.79 Å². The van der Waals surface area contributed by atoms with Crippen molar-refractivity contribution in [2.24, 2.45) is 0 Å². The fraction of sp³-hybridized carbons (Fsp3) is 0.522. The van der Waals surface area contributed by atoms with Crippen molar-refractivity contribution in [3.05, 3.63) is 30.6 Å². The first-order valence-corrected chi connectivity index (χ1v) is 10.8. The van der Waals surface area contributed by atoms with Gasteiger partial charge in [-0.25, -0.2) is 4.98 Å². The number of methoxy groups -OCH3 is 2. The summed E-state index contributed by atoms with van der Waals surface area (Å²) in [6, 6.07) is 6.95. The second kappa shape index (κ2) is 9.32. The average Bonchev–Trinajstić information content (AvgIpc) is 2.76. The van der Waals surface area contributed by atoms with Crippen molar-refractivity contribution in [3.63, 3.8) is 0 Å². The van der Waals surface area contributed by atoms with Crippen LogP contribution in [-0.4, -0.2) is 53.6 Å². The van der Waals surface area contributed by atoms with Crippen LogP contribution in [0, 0.1) is 0 Å². The van der Waals surface area contributed by atoms with E-state index in [1.165, 1.54) is 6.42 Å². The molecule has 30 heavy (non-hydrogen) atoms. The lowest BCUT2D eigenvalue weighted by molar-refractivity contribution is -0.125. The molecule has 0 spiro atoms. The van der Waals surface area contributed by atoms with E-state index in [4.69, 9.17) is 14.5 Å². The molecule has 0 bridgehead atoms. The fourth-order valence-electron chi connectivity index (χ4n) is 4.45. The molecule has 0 saturated heterocycles. The second-order valence-electron chi connectivity index (χ2n) is 8.15. The van der Waals surface area contributed by atoms with Crippen LogP contribution in [-0.2, 0) is 4.79 Å². The molecule has 0 radical (unpaired) electrons. The van der Waals surface area contributed by atoms with E-state index in [0.29, 0.717) is 29.6 Å². The smallest absolute Gasteiger partial charge is 0.210 e. The Morgan fingerprint density at radius 1 is 1.00 bits per heavy atom. The van der Waals surface area contributed by atoms with Crippen LogP contribution in [0.4, 0.5) is 5.82 Å². The molecule has 4 rings (SSSR count). The Bertz CT molecular complexity index is 863. The van der Waals surface area contributed by atoms with E-state index in [-0.39, 0.29) is 0 Å². The number of aromatic nitrogens is 2. The summed E-state index contributed by atoms with van der Waals surface area (Å²) in [5.74, 6) is 2.13. The predicted molar refractivity (Wildman–Crippen MR) is 116 cm³/mol. The lowest BCUT2D eigenvalue weighted by Crippen LogP contribution is -2.48. The van der Waals surface area contributed by atoms with Gasteiger partial charge in [0.25, 0.3) is 0 Å². The van der Waals surface area contributed by atoms with Crippen LogP contribution in [0.1, 0.15) is 44.9 Å². The summed E-state index contributed by atoms with van der Waals surface area (Å²) in [6.45, 7) is 0. The Kier molecular flexibility index (Phi) is 6.35. The van der Waals surface area contributed by atoms with Crippen LogP contribution in [0.2, 0.25) is 0 Å². The Hall–Kier alpha value is -2.83. The monoisotopic (exact) mass is 410 g/mol. The molecule has 0 aliphatic heterocycles. The molecule has 2 aliphatic carbocycles. The Labute approximate surface area is 177 Å². The molecule has 1 N–H and O–H groups in total. The van der Waals surface area contributed by atoms with Crippen LogP contribution in [0.3, 0.4) is 0 Å². The van der Waals surface area contributed by atoms with E-state index in [0.717, 1.165) is 62.0 Å². The molecule has 2 saturated carbocycles. The molecule has 1 aromatic heterocycles. The zero-order valence-corrected chi connectivity index (χ0v) is 17.7. The standard InChI is InChI=1S/C23H30N4O3/c1-29-21-11-6-16(12-22(21)30-2)20-13-24-14-23(26-20)25-17-7-9-19(10-8-17)27(15-28)18-4-3-5-18/h6,11-15,17-19H,3-5,7-10H2,1-2H3,(H,25,26). The maximum atomic E-state index is 11.5. The van der Waals surface area contributed by atoms with Crippen molar-refractivity contribution < 1.29 is 14.3 Å². The third kappa shape index (κ3) is 4.35. The van der Waals surface area contributed by atoms with Crippen molar-refractivity contribution >= 4 is 12.2 Å². The Morgan fingerprint density at radius 2 is 1.73 bits per heavy atom. The van der Waals surface area contributed by atoms with Crippen LogP contribution < -0.4 is 14.8 Å². The molecule has 1 amide bonds. The van der Waals surface area contributed by atoms with E-state index in [1.807, 2.05) is 18.2 Å². The first-order chi connectivity index (χ1) is 14.7. The van der Waals surface area contributed by atoms with Gasteiger partial charge in [0.15, 0.2) is 11.5 Å². The van der Waals surface area contributed by atoms with Crippen LogP contribution in [0.5, 0.6) is 11.5 Å². The van der Waals surface area contributed by atoms with Crippen molar-refractivity contribution in [2.45, 2.75) is 63.1 Å². The van der Waals surface area contributed by atoms with Crippen molar-refractivity contribution in [1.29, 1.82) is 0 Å². The number of nitrogens with zero attached hydrogens (tertiary/aromatic N) is 3. The molecule has 0 unspecified atom stereocenters. The van der Waals surface area contributed by atoms with Crippen molar-refractivity contribution in [2.75, 3.05) is 19.5 Å². The minimum atomic E-state index is 0.353. The number of ether oxygens (including phenoxy) is 2. The largest absolute Gasteiger partial charge is 0.493 e. The minimum Gasteiger partial charge on any atom is -0.493 e. The van der Waals surface area contributed by atoms with Crippen LogP contribution in [0.15, 0.2) is 30.6 Å². The van der Waals surface area contributed by atoms with Gasteiger partial charge in [-0.05, 0) is 63.1 Å². The van der Waals surface area contributed by atoms with Crippen LogP contribution >= 0.6 is 0 Å². The number of carbonyl (C=O) groups excluding carboxylic acids is 1. The molecule has 0 atom stereocenters. The molecule has 2 aromatic rings. The zero-order chi connectivity index (χ0) is 20.9. The summed E-state index contributed by atoms with van der Waals surface area (Å²) in [4.78, 5) is 22.7. The van der Waals surface area contributed by atoms with Gasteiger partial charge in [0.1, 0.15) is 5.82 Å². The maximum absolute atomic E-state index is 11.5. The lowest BCUT2D eigenvalue weighted by atomic mass is 9.85. The number of benzene rings is 1. The van der Waals surface area contributed by atoms with Gasteiger partial charge in [0, 0.05) is 23.7 Å². The number of rotatable bonds is 8. The van der Waals surface area contributed by atoms with Gasteiger partial charge < -0.3 is 19.7 Å². The third-order valence-corrected chi connectivity index (χ3v) is 6.40. The molecule has 7 heteroatoms. The summed E-state index contributed by atoms with van der Waals surface area (Å²) >= 11 is 0. The van der Waals surface area contributed by atoms with Gasteiger partial charge in [0.2, 0.25) is 6.41 Å². The molecular weight excluding hydrogens is 380 g/mol. The number of hydrogen-bond donors (Lipinski definition) is 1. The van der Waals surface area contributed by atoms with Gasteiger partial charge in [-0.2, -0.15) is 0 Å². The molecule has 1 heterocycles. The zero-order valence-electron chi connectivity index (χ0n) is 17.7. The quantitative estimate of drug-likeness (QED) is 0.665. The summed E-state index contributed by atoms with van der Waals surface area (Å²) in [5.41, 5.74) is 1.71. The highest BCUT2D eigenvalue weighted by molar-refractivity contribution is 5.64. The average molecular weight is 411 g/mol. The number of hydrogen-bond acceptors (Lipinski definition) is 6.